The van der Waals surface area contributed by atoms with E-state index in [2.05, 4.69) is 28.7 Å². The van der Waals surface area contributed by atoms with Crippen LogP contribution in [0.3, 0.4) is 0 Å². The van der Waals surface area contributed by atoms with Crippen LogP contribution in [0.2, 0.25) is 0 Å². The van der Waals surface area contributed by atoms with E-state index in [1.54, 1.807) is 7.11 Å². The van der Waals surface area contributed by atoms with E-state index in [1.165, 1.54) is 0 Å². The molecule has 5 nitrogen and oxygen atoms in total. The molecule has 0 saturated carbocycles. The Bertz CT molecular complexity index is 356. The Labute approximate surface area is 103 Å². The van der Waals surface area contributed by atoms with Crippen molar-refractivity contribution >= 4 is 5.95 Å². The standard InChI is InChI=1S/C12H22N4O/c1-5-16(8-9(2)7-13)12-14-10(3)6-11(15-12)17-4/h6,9H,5,7-8,13H2,1-4H3. The number of nitrogens with two attached hydrogens (primary N) is 1. The van der Waals surface area contributed by atoms with Crippen LogP contribution in [0.4, 0.5) is 5.95 Å². The molecule has 17 heavy (non-hydrogen) atoms. The predicted molar refractivity (Wildman–Crippen MR) is 69.4 cm³/mol. The molecular weight excluding hydrogens is 216 g/mol. The first-order chi connectivity index (χ1) is 8.10. The molecule has 0 aliphatic heterocycles. The summed E-state index contributed by atoms with van der Waals surface area (Å²) in [7, 11) is 1.62. The zero-order valence-corrected chi connectivity index (χ0v) is 11.1. The SMILES string of the molecule is CCN(CC(C)CN)c1nc(C)cc(OC)n1. The zero-order valence-electron chi connectivity index (χ0n) is 11.1. The molecule has 1 rings (SSSR count). The minimum atomic E-state index is 0.421. The number of hydrogen-bond acceptors (Lipinski definition) is 5. The first-order valence-electron chi connectivity index (χ1n) is 5.95. The van der Waals surface area contributed by atoms with Gasteiger partial charge in [0.25, 0.3) is 0 Å². The van der Waals surface area contributed by atoms with Crippen LogP contribution in [0.15, 0.2) is 6.07 Å². The fourth-order valence-electron chi connectivity index (χ4n) is 1.57. The van der Waals surface area contributed by atoms with Gasteiger partial charge in [0.1, 0.15) is 0 Å². The molecule has 0 amide bonds. The van der Waals surface area contributed by atoms with Gasteiger partial charge in [-0.3, -0.25) is 0 Å². The van der Waals surface area contributed by atoms with E-state index in [9.17, 15) is 0 Å². The molecule has 96 valence electrons. The second-order valence-electron chi connectivity index (χ2n) is 4.23. The van der Waals surface area contributed by atoms with Gasteiger partial charge < -0.3 is 15.4 Å². The Morgan fingerprint density at radius 1 is 1.47 bits per heavy atom. The molecular formula is C12H22N4O. The number of anilines is 1. The number of methoxy groups -OCH3 is 1. The Balaban J connectivity index is 2.90. The molecule has 1 aromatic rings. The van der Waals surface area contributed by atoms with Crippen molar-refractivity contribution in [3.63, 3.8) is 0 Å². The van der Waals surface area contributed by atoms with Gasteiger partial charge in [0.05, 0.1) is 7.11 Å². The smallest absolute Gasteiger partial charge is 0.228 e. The van der Waals surface area contributed by atoms with E-state index in [0.29, 0.717) is 24.3 Å². The lowest BCUT2D eigenvalue weighted by Crippen LogP contribution is -2.32. The van der Waals surface area contributed by atoms with Crippen LogP contribution in [0, 0.1) is 12.8 Å². The highest BCUT2D eigenvalue weighted by Crippen LogP contribution is 2.15. The number of aryl methyl sites for hydroxylation is 1. The minimum absolute atomic E-state index is 0.421. The van der Waals surface area contributed by atoms with Gasteiger partial charge in [-0.15, -0.1) is 0 Å². The second-order valence-corrected chi connectivity index (χ2v) is 4.23. The number of aromatic nitrogens is 2. The van der Waals surface area contributed by atoms with Crippen LogP contribution in [0.25, 0.3) is 0 Å². The molecule has 0 aromatic carbocycles. The van der Waals surface area contributed by atoms with Crippen LogP contribution in [-0.2, 0) is 0 Å². The summed E-state index contributed by atoms with van der Waals surface area (Å²) in [4.78, 5) is 10.9. The van der Waals surface area contributed by atoms with E-state index in [4.69, 9.17) is 10.5 Å². The maximum Gasteiger partial charge on any atom is 0.228 e. The normalized spacial score (nSPS) is 12.3. The third kappa shape index (κ3) is 3.85. The largest absolute Gasteiger partial charge is 0.481 e. The molecule has 0 spiro atoms. The molecule has 1 unspecified atom stereocenters. The van der Waals surface area contributed by atoms with Gasteiger partial charge in [-0.1, -0.05) is 6.92 Å². The molecule has 1 aromatic heterocycles. The van der Waals surface area contributed by atoms with Crippen molar-refractivity contribution in [3.05, 3.63) is 11.8 Å². The predicted octanol–water partition coefficient (Wildman–Crippen LogP) is 1.21. The first-order valence-corrected chi connectivity index (χ1v) is 5.95. The molecule has 5 heteroatoms. The maximum absolute atomic E-state index is 5.65. The van der Waals surface area contributed by atoms with Gasteiger partial charge in [0.15, 0.2) is 0 Å². The molecule has 1 heterocycles. The second kappa shape index (κ2) is 6.39. The van der Waals surface area contributed by atoms with Crippen molar-refractivity contribution in [3.8, 4) is 5.88 Å². The molecule has 0 bridgehead atoms. The molecule has 1 atom stereocenters. The third-order valence-electron chi connectivity index (χ3n) is 2.63. The zero-order chi connectivity index (χ0) is 12.8. The quantitative estimate of drug-likeness (QED) is 0.807. The summed E-state index contributed by atoms with van der Waals surface area (Å²) in [6.45, 7) is 8.53. The first kappa shape index (κ1) is 13.7. The van der Waals surface area contributed by atoms with Crippen LogP contribution < -0.4 is 15.4 Å². The van der Waals surface area contributed by atoms with Crippen LogP contribution in [-0.4, -0.2) is 36.7 Å². The number of rotatable bonds is 6. The minimum Gasteiger partial charge on any atom is -0.481 e. The Kier molecular flexibility index (Phi) is 5.15. The number of nitrogens with zero attached hydrogens (tertiary/aromatic N) is 3. The van der Waals surface area contributed by atoms with E-state index in [1.807, 2.05) is 13.0 Å². The van der Waals surface area contributed by atoms with Crippen LogP contribution in [0.5, 0.6) is 5.88 Å². The average Bonchev–Trinajstić information content (AvgIpc) is 2.34. The third-order valence-corrected chi connectivity index (χ3v) is 2.63. The monoisotopic (exact) mass is 238 g/mol. The van der Waals surface area contributed by atoms with Crippen LogP contribution >= 0.6 is 0 Å². The highest BCUT2D eigenvalue weighted by atomic mass is 16.5. The molecule has 0 radical (unpaired) electrons. The number of hydrogen-bond donors (Lipinski definition) is 1. The van der Waals surface area contributed by atoms with Crippen molar-refractivity contribution in [2.24, 2.45) is 11.7 Å². The molecule has 0 aliphatic carbocycles. The van der Waals surface area contributed by atoms with Gasteiger partial charge in [-0.2, -0.15) is 4.98 Å². The highest BCUT2D eigenvalue weighted by molar-refractivity contribution is 5.34. The van der Waals surface area contributed by atoms with Crippen molar-refractivity contribution < 1.29 is 4.74 Å². The number of ether oxygens (including phenoxy) is 1. The summed E-state index contributed by atoms with van der Waals surface area (Å²) in [6, 6.07) is 1.82. The van der Waals surface area contributed by atoms with Gasteiger partial charge in [-0.05, 0) is 26.3 Å². The Morgan fingerprint density at radius 3 is 2.71 bits per heavy atom. The van der Waals surface area contributed by atoms with Gasteiger partial charge >= 0.3 is 0 Å². The lowest BCUT2D eigenvalue weighted by atomic mass is 10.2. The Morgan fingerprint density at radius 2 is 2.18 bits per heavy atom. The van der Waals surface area contributed by atoms with E-state index in [-0.39, 0.29) is 0 Å². The van der Waals surface area contributed by atoms with Gasteiger partial charge in [0.2, 0.25) is 11.8 Å². The van der Waals surface area contributed by atoms with E-state index in [0.717, 1.165) is 18.8 Å². The van der Waals surface area contributed by atoms with Crippen molar-refractivity contribution in [1.29, 1.82) is 0 Å². The molecule has 0 saturated heterocycles. The van der Waals surface area contributed by atoms with Crippen molar-refractivity contribution in [2.75, 3.05) is 31.6 Å². The summed E-state index contributed by atoms with van der Waals surface area (Å²) >= 11 is 0. The molecule has 0 fully saturated rings. The van der Waals surface area contributed by atoms with Crippen LogP contribution in [0.1, 0.15) is 19.5 Å². The summed E-state index contributed by atoms with van der Waals surface area (Å²) in [5, 5.41) is 0. The lowest BCUT2D eigenvalue weighted by molar-refractivity contribution is 0.395. The topological polar surface area (TPSA) is 64.3 Å². The van der Waals surface area contributed by atoms with E-state index >= 15 is 0 Å². The summed E-state index contributed by atoms with van der Waals surface area (Å²) in [5.74, 6) is 1.74. The summed E-state index contributed by atoms with van der Waals surface area (Å²) < 4.78 is 5.16. The lowest BCUT2D eigenvalue weighted by Gasteiger charge is -2.24. The van der Waals surface area contributed by atoms with E-state index < -0.39 is 0 Å². The van der Waals surface area contributed by atoms with Gasteiger partial charge in [0, 0.05) is 24.8 Å². The average molecular weight is 238 g/mol. The molecule has 0 aliphatic rings. The maximum atomic E-state index is 5.65. The highest BCUT2D eigenvalue weighted by Gasteiger charge is 2.12. The van der Waals surface area contributed by atoms with Crippen molar-refractivity contribution in [1.82, 2.24) is 9.97 Å². The van der Waals surface area contributed by atoms with Crippen molar-refractivity contribution in [2.45, 2.75) is 20.8 Å². The fraction of sp³-hybridized carbons (Fsp3) is 0.667. The fourth-order valence-corrected chi connectivity index (χ4v) is 1.57. The summed E-state index contributed by atoms with van der Waals surface area (Å²) in [5.41, 5.74) is 6.55. The Hall–Kier alpha value is -1.36. The molecule has 2 N–H and O–H groups in total. The van der Waals surface area contributed by atoms with Gasteiger partial charge in [-0.25, -0.2) is 4.98 Å². The summed E-state index contributed by atoms with van der Waals surface area (Å²) in [6.07, 6.45) is 0.